The van der Waals surface area contributed by atoms with Gasteiger partial charge in [0.1, 0.15) is 0 Å². The first-order valence-corrected chi connectivity index (χ1v) is 8.80. The fourth-order valence-electron chi connectivity index (χ4n) is 3.71. The Labute approximate surface area is 130 Å². The minimum Gasteiger partial charge on any atom is -0.330 e. The lowest BCUT2D eigenvalue weighted by molar-refractivity contribution is 0.303. The van der Waals surface area contributed by atoms with Crippen molar-refractivity contribution < 1.29 is 0 Å². The van der Waals surface area contributed by atoms with Crippen molar-refractivity contribution in [2.45, 2.75) is 51.4 Å². The van der Waals surface area contributed by atoms with Crippen LogP contribution in [0.5, 0.6) is 0 Å². The lowest BCUT2D eigenvalue weighted by Gasteiger charge is -2.19. The van der Waals surface area contributed by atoms with Crippen molar-refractivity contribution in [3.05, 3.63) is 35.9 Å². The van der Waals surface area contributed by atoms with Gasteiger partial charge in [-0.1, -0.05) is 50.1 Å². The molecule has 1 heterocycles. The fraction of sp³-hybridized carbons (Fsp3) is 0.684. The van der Waals surface area contributed by atoms with E-state index >= 15 is 0 Å². The average molecular weight is 288 g/mol. The van der Waals surface area contributed by atoms with E-state index in [4.69, 9.17) is 5.73 Å². The van der Waals surface area contributed by atoms with Gasteiger partial charge in [-0.2, -0.15) is 0 Å². The van der Waals surface area contributed by atoms with Gasteiger partial charge in [-0.25, -0.2) is 0 Å². The monoisotopic (exact) mass is 288 g/mol. The minimum absolute atomic E-state index is 0.752. The predicted octanol–water partition coefficient (Wildman–Crippen LogP) is 4.02. The molecule has 0 aliphatic carbocycles. The molecule has 1 aromatic carbocycles. The Morgan fingerprint density at radius 2 is 2.00 bits per heavy atom. The highest BCUT2D eigenvalue weighted by Gasteiger charge is 2.23. The Bertz CT molecular complexity index is 370. The van der Waals surface area contributed by atoms with Gasteiger partial charge in [0.05, 0.1) is 0 Å². The molecular weight excluding hydrogens is 256 g/mol. The molecule has 1 aromatic rings. The number of rotatable bonds is 9. The van der Waals surface area contributed by atoms with Crippen molar-refractivity contribution in [3.63, 3.8) is 0 Å². The van der Waals surface area contributed by atoms with Crippen LogP contribution in [0.1, 0.15) is 56.9 Å². The van der Waals surface area contributed by atoms with Crippen LogP contribution in [0.4, 0.5) is 0 Å². The van der Waals surface area contributed by atoms with Crippen molar-refractivity contribution in [1.29, 1.82) is 0 Å². The first kappa shape index (κ1) is 16.5. The molecule has 0 amide bonds. The Balaban J connectivity index is 1.68. The van der Waals surface area contributed by atoms with Crippen LogP contribution in [0.3, 0.4) is 0 Å². The summed E-state index contributed by atoms with van der Waals surface area (Å²) >= 11 is 0. The van der Waals surface area contributed by atoms with E-state index in [1.54, 1.807) is 0 Å². The van der Waals surface area contributed by atoms with Crippen molar-refractivity contribution >= 4 is 0 Å². The van der Waals surface area contributed by atoms with Crippen molar-refractivity contribution in [1.82, 2.24) is 4.90 Å². The van der Waals surface area contributed by atoms with Gasteiger partial charge in [0.15, 0.2) is 0 Å². The zero-order valence-corrected chi connectivity index (χ0v) is 13.6. The second-order valence-corrected chi connectivity index (χ2v) is 6.57. The Hall–Kier alpha value is -0.860. The summed E-state index contributed by atoms with van der Waals surface area (Å²) in [5, 5.41) is 0. The van der Waals surface area contributed by atoms with Crippen LogP contribution < -0.4 is 5.73 Å². The first-order valence-electron chi connectivity index (χ1n) is 8.80. The third-order valence-electron chi connectivity index (χ3n) is 4.90. The molecule has 0 saturated carbocycles. The summed E-state index contributed by atoms with van der Waals surface area (Å²) in [7, 11) is 0. The number of likely N-dealkylation sites (tertiary alicyclic amines) is 1. The van der Waals surface area contributed by atoms with E-state index in [2.05, 4.69) is 42.2 Å². The van der Waals surface area contributed by atoms with Crippen LogP contribution >= 0.6 is 0 Å². The summed E-state index contributed by atoms with van der Waals surface area (Å²) in [4.78, 5) is 2.66. The Morgan fingerprint density at radius 1 is 1.19 bits per heavy atom. The molecule has 1 aliphatic heterocycles. The van der Waals surface area contributed by atoms with E-state index in [9.17, 15) is 0 Å². The standard InChI is InChI=1S/C19H32N2/c1-2-7-17(11-13-20)8-6-14-21-15-12-19(16-21)18-9-4-3-5-10-18/h3-5,9-10,17,19H,2,6-8,11-16,20H2,1H3. The molecule has 21 heavy (non-hydrogen) atoms. The van der Waals surface area contributed by atoms with Crippen molar-refractivity contribution in [3.8, 4) is 0 Å². The van der Waals surface area contributed by atoms with E-state index in [-0.39, 0.29) is 0 Å². The van der Waals surface area contributed by atoms with Gasteiger partial charge in [0.2, 0.25) is 0 Å². The van der Waals surface area contributed by atoms with Gasteiger partial charge >= 0.3 is 0 Å². The molecular formula is C19H32N2. The molecule has 2 unspecified atom stereocenters. The van der Waals surface area contributed by atoms with Crippen LogP contribution in [0.2, 0.25) is 0 Å². The van der Waals surface area contributed by atoms with E-state index < -0.39 is 0 Å². The maximum absolute atomic E-state index is 5.73. The molecule has 2 rings (SSSR count). The maximum atomic E-state index is 5.73. The van der Waals surface area contributed by atoms with E-state index in [1.807, 2.05) is 0 Å². The van der Waals surface area contributed by atoms with Gasteiger partial charge in [0.25, 0.3) is 0 Å². The Morgan fingerprint density at radius 3 is 2.71 bits per heavy atom. The summed E-state index contributed by atoms with van der Waals surface area (Å²) in [6, 6.07) is 11.0. The largest absolute Gasteiger partial charge is 0.330 e. The molecule has 0 bridgehead atoms. The molecule has 2 N–H and O–H groups in total. The SMILES string of the molecule is CCCC(CCN)CCCN1CCC(c2ccccc2)C1. The second-order valence-electron chi connectivity index (χ2n) is 6.57. The van der Waals surface area contributed by atoms with Crippen molar-refractivity contribution in [2.75, 3.05) is 26.2 Å². The lowest BCUT2D eigenvalue weighted by Crippen LogP contribution is -2.22. The van der Waals surface area contributed by atoms with Gasteiger partial charge in [-0.3, -0.25) is 0 Å². The molecule has 0 aromatic heterocycles. The number of hydrogen-bond donors (Lipinski definition) is 1. The van der Waals surface area contributed by atoms with Gasteiger partial charge in [-0.15, -0.1) is 0 Å². The maximum Gasteiger partial charge on any atom is 0.00507 e. The average Bonchev–Trinajstić information content (AvgIpc) is 2.97. The summed E-state index contributed by atoms with van der Waals surface area (Å²) in [5.74, 6) is 1.61. The van der Waals surface area contributed by atoms with E-state index in [0.717, 1.165) is 18.4 Å². The molecule has 1 fully saturated rings. The molecule has 2 nitrogen and oxygen atoms in total. The molecule has 1 saturated heterocycles. The summed E-state index contributed by atoms with van der Waals surface area (Å²) in [6.07, 6.45) is 7.88. The highest BCUT2D eigenvalue weighted by molar-refractivity contribution is 5.20. The van der Waals surface area contributed by atoms with Crippen LogP contribution in [0.25, 0.3) is 0 Å². The Kier molecular flexibility index (Phi) is 7.25. The first-order chi connectivity index (χ1) is 10.3. The van der Waals surface area contributed by atoms with Crippen LogP contribution in [-0.2, 0) is 0 Å². The summed E-state index contributed by atoms with van der Waals surface area (Å²) in [6.45, 7) is 6.93. The number of hydrogen-bond acceptors (Lipinski definition) is 2. The summed E-state index contributed by atoms with van der Waals surface area (Å²) < 4.78 is 0. The highest BCUT2D eigenvalue weighted by Crippen LogP contribution is 2.27. The zero-order chi connectivity index (χ0) is 14.9. The quantitative estimate of drug-likeness (QED) is 0.743. The molecule has 2 heteroatoms. The molecule has 0 spiro atoms. The van der Waals surface area contributed by atoms with Crippen LogP contribution in [-0.4, -0.2) is 31.1 Å². The van der Waals surface area contributed by atoms with Gasteiger partial charge in [-0.05, 0) is 62.7 Å². The third-order valence-corrected chi connectivity index (χ3v) is 4.90. The molecule has 0 radical (unpaired) electrons. The highest BCUT2D eigenvalue weighted by atomic mass is 15.1. The predicted molar refractivity (Wildman–Crippen MR) is 91.5 cm³/mol. The molecule has 1 aliphatic rings. The van der Waals surface area contributed by atoms with Gasteiger partial charge < -0.3 is 10.6 Å². The zero-order valence-electron chi connectivity index (χ0n) is 13.6. The van der Waals surface area contributed by atoms with Crippen molar-refractivity contribution in [2.24, 2.45) is 11.7 Å². The second kappa shape index (κ2) is 9.22. The lowest BCUT2D eigenvalue weighted by atomic mass is 9.94. The fourth-order valence-corrected chi connectivity index (χ4v) is 3.71. The smallest absolute Gasteiger partial charge is 0.00507 e. The minimum atomic E-state index is 0.752. The van der Waals surface area contributed by atoms with Crippen LogP contribution in [0, 0.1) is 5.92 Å². The van der Waals surface area contributed by atoms with Gasteiger partial charge in [0, 0.05) is 6.54 Å². The van der Waals surface area contributed by atoms with E-state index in [0.29, 0.717) is 0 Å². The normalized spacial score (nSPS) is 20.8. The number of nitrogens with two attached hydrogens (primary N) is 1. The van der Waals surface area contributed by atoms with Crippen LogP contribution in [0.15, 0.2) is 30.3 Å². The number of benzene rings is 1. The molecule has 2 atom stereocenters. The summed E-state index contributed by atoms with van der Waals surface area (Å²) in [5.41, 5.74) is 7.25. The van der Waals surface area contributed by atoms with E-state index in [1.165, 1.54) is 63.7 Å². The number of nitrogens with zero attached hydrogens (tertiary/aromatic N) is 1. The third kappa shape index (κ3) is 5.44. The molecule has 118 valence electrons. The topological polar surface area (TPSA) is 29.3 Å².